The highest BCUT2D eigenvalue weighted by Crippen LogP contribution is 2.05. The molecule has 90 valence electrons. The summed E-state index contributed by atoms with van der Waals surface area (Å²) in [5.41, 5.74) is 7.22. The molecule has 0 unspecified atom stereocenters. The number of hydrogen-bond acceptors (Lipinski definition) is 3. The van der Waals surface area contributed by atoms with Crippen LogP contribution in [-0.4, -0.2) is 19.1 Å². The fourth-order valence-corrected chi connectivity index (χ4v) is 1.32. The van der Waals surface area contributed by atoms with Crippen molar-refractivity contribution in [3.05, 3.63) is 35.4 Å². The molecule has 17 heavy (non-hydrogen) atoms. The monoisotopic (exact) mass is 231 g/mol. The van der Waals surface area contributed by atoms with Gasteiger partial charge in [0.15, 0.2) is 0 Å². The highest BCUT2D eigenvalue weighted by atomic mass is 16.5. The number of carbonyl (C=O) groups is 1. The van der Waals surface area contributed by atoms with E-state index in [9.17, 15) is 4.79 Å². The van der Waals surface area contributed by atoms with Crippen LogP contribution < -0.4 is 5.73 Å². The van der Waals surface area contributed by atoms with Crippen LogP contribution in [-0.2, 0) is 16.0 Å². The summed E-state index contributed by atoms with van der Waals surface area (Å²) in [6.45, 7) is 2.80. The first-order valence-corrected chi connectivity index (χ1v) is 5.69. The Morgan fingerprint density at radius 1 is 1.35 bits per heavy atom. The molecule has 0 atom stereocenters. The molecule has 2 N–H and O–H groups in total. The molecule has 0 aliphatic rings. The lowest BCUT2D eigenvalue weighted by Gasteiger charge is -2.01. The number of benzene rings is 1. The predicted molar refractivity (Wildman–Crippen MR) is 67.3 cm³/mol. The van der Waals surface area contributed by atoms with Gasteiger partial charge in [-0.2, -0.15) is 0 Å². The highest BCUT2D eigenvalue weighted by molar-refractivity contribution is 5.72. The van der Waals surface area contributed by atoms with E-state index in [4.69, 9.17) is 10.5 Å². The van der Waals surface area contributed by atoms with Gasteiger partial charge in [-0.15, -0.1) is 0 Å². The molecule has 0 spiro atoms. The number of nitrogens with two attached hydrogens (primary N) is 1. The molecule has 0 saturated carbocycles. The van der Waals surface area contributed by atoms with Gasteiger partial charge >= 0.3 is 5.97 Å². The standard InChI is InChI=1S/C14H17NO2/c1-2-17-14(16)11-13-8-6-12(7-9-13)5-3-4-10-15/h6-9H,2,4,10-11,15H2,1H3. The van der Waals surface area contributed by atoms with Crippen molar-refractivity contribution < 1.29 is 9.53 Å². The molecule has 1 aromatic rings. The van der Waals surface area contributed by atoms with Gasteiger partial charge in [0, 0.05) is 18.5 Å². The molecule has 0 aliphatic carbocycles. The maximum absolute atomic E-state index is 11.2. The maximum atomic E-state index is 11.2. The van der Waals surface area contributed by atoms with Gasteiger partial charge in [-0.25, -0.2) is 0 Å². The van der Waals surface area contributed by atoms with Gasteiger partial charge < -0.3 is 10.5 Å². The molecule has 1 rings (SSSR count). The quantitative estimate of drug-likeness (QED) is 0.631. The molecule has 0 heterocycles. The number of hydrogen-bond donors (Lipinski definition) is 1. The molecule has 0 radical (unpaired) electrons. The summed E-state index contributed by atoms with van der Waals surface area (Å²) in [6, 6.07) is 7.59. The van der Waals surface area contributed by atoms with Gasteiger partial charge in [0.25, 0.3) is 0 Å². The average Bonchev–Trinajstić information content (AvgIpc) is 2.32. The van der Waals surface area contributed by atoms with E-state index in [2.05, 4.69) is 11.8 Å². The zero-order valence-electron chi connectivity index (χ0n) is 10.0. The van der Waals surface area contributed by atoms with Gasteiger partial charge in [-0.3, -0.25) is 4.79 Å². The normalized spacial score (nSPS) is 9.29. The molecule has 0 fully saturated rings. The van der Waals surface area contributed by atoms with E-state index in [0.29, 0.717) is 26.0 Å². The minimum Gasteiger partial charge on any atom is -0.466 e. The topological polar surface area (TPSA) is 52.3 Å². The van der Waals surface area contributed by atoms with Crippen LogP contribution in [0.1, 0.15) is 24.5 Å². The summed E-state index contributed by atoms with van der Waals surface area (Å²) in [6.07, 6.45) is 1.01. The Morgan fingerprint density at radius 2 is 2.06 bits per heavy atom. The second kappa shape index (κ2) is 7.48. The zero-order chi connectivity index (χ0) is 12.5. The van der Waals surface area contributed by atoms with E-state index in [0.717, 1.165) is 11.1 Å². The molecular weight excluding hydrogens is 214 g/mol. The van der Waals surface area contributed by atoms with Crippen LogP contribution in [0.5, 0.6) is 0 Å². The zero-order valence-corrected chi connectivity index (χ0v) is 10.0. The number of rotatable bonds is 4. The summed E-state index contributed by atoms with van der Waals surface area (Å²) in [5, 5.41) is 0. The maximum Gasteiger partial charge on any atom is 0.310 e. The van der Waals surface area contributed by atoms with Crippen LogP contribution in [0, 0.1) is 11.8 Å². The van der Waals surface area contributed by atoms with Gasteiger partial charge in [0.1, 0.15) is 0 Å². The van der Waals surface area contributed by atoms with Crippen molar-refractivity contribution in [2.24, 2.45) is 5.73 Å². The van der Waals surface area contributed by atoms with Gasteiger partial charge in [-0.1, -0.05) is 24.0 Å². The number of esters is 1. The first-order valence-electron chi connectivity index (χ1n) is 5.69. The van der Waals surface area contributed by atoms with Crippen molar-refractivity contribution >= 4 is 5.97 Å². The third-order valence-electron chi connectivity index (χ3n) is 2.11. The minimum absolute atomic E-state index is 0.200. The van der Waals surface area contributed by atoms with Crippen molar-refractivity contribution in [3.8, 4) is 11.8 Å². The lowest BCUT2D eigenvalue weighted by Crippen LogP contribution is -2.07. The van der Waals surface area contributed by atoms with Gasteiger partial charge in [-0.05, 0) is 24.6 Å². The second-order valence-corrected chi connectivity index (χ2v) is 3.52. The Balaban J connectivity index is 2.56. The summed E-state index contributed by atoms with van der Waals surface area (Å²) < 4.78 is 4.87. The molecule has 1 aromatic carbocycles. The first kappa shape index (κ1) is 13.3. The lowest BCUT2D eigenvalue weighted by atomic mass is 10.1. The van der Waals surface area contributed by atoms with E-state index in [1.807, 2.05) is 24.3 Å². The fraction of sp³-hybridized carbons (Fsp3) is 0.357. The largest absolute Gasteiger partial charge is 0.466 e. The summed E-state index contributed by atoms with van der Waals surface area (Å²) in [7, 11) is 0. The molecule has 3 nitrogen and oxygen atoms in total. The lowest BCUT2D eigenvalue weighted by molar-refractivity contribution is -0.142. The van der Waals surface area contributed by atoms with Crippen LogP contribution >= 0.6 is 0 Å². The second-order valence-electron chi connectivity index (χ2n) is 3.52. The van der Waals surface area contributed by atoms with Crippen LogP contribution in [0.15, 0.2) is 24.3 Å². The van der Waals surface area contributed by atoms with Gasteiger partial charge in [0.05, 0.1) is 13.0 Å². The Kier molecular flexibility index (Phi) is 5.84. The van der Waals surface area contributed by atoms with Crippen LogP contribution in [0.2, 0.25) is 0 Å². The van der Waals surface area contributed by atoms with Crippen molar-refractivity contribution in [2.75, 3.05) is 13.2 Å². The molecule has 0 aliphatic heterocycles. The molecule has 0 saturated heterocycles. The number of carbonyl (C=O) groups excluding carboxylic acids is 1. The van der Waals surface area contributed by atoms with Crippen molar-refractivity contribution in [2.45, 2.75) is 19.8 Å². The highest BCUT2D eigenvalue weighted by Gasteiger charge is 2.02. The molecule has 0 bridgehead atoms. The summed E-state index contributed by atoms with van der Waals surface area (Å²) in [4.78, 5) is 11.2. The van der Waals surface area contributed by atoms with Crippen LogP contribution in [0.3, 0.4) is 0 Å². The molecular formula is C14H17NO2. The van der Waals surface area contributed by atoms with Crippen LogP contribution in [0.4, 0.5) is 0 Å². The molecule has 3 heteroatoms. The molecule has 0 amide bonds. The van der Waals surface area contributed by atoms with Crippen molar-refractivity contribution in [3.63, 3.8) is 0 Å². The number of ether oxygens (including phenoxy) is 1. The van der Waals surface area contributed by atoms with E-state index in [-0.39, 0.29) is 5.97 Å². The summed E-state index contributed by atoms with van der Waals surface area (Å²) in [5.74, 6) is 5.77. The molecule has 0 aromatic heterocycles. The smallest absolute Gasteiger partial charge is 0.310 e. The predicted octanol–water partition coefficient (Wildman–Crippen LogP) is 1.49. The van der Waals surface area contributed by atoms with E-state index < -0.39 is 0 Å². The van der Waals surface area contributed by atoms with Crippen LogP contribution in [0.25, 0.3) is 0 Å². The Bertz CT molecular complexity index is 412. The van der Waals surface area contributed by atoms with Crippen molar-refractivity contribution in [1.82, 2.24) is 0 Å². The summed E-state index contributed by atoms with van der Waals surface area (Å²) >= 11 is 0. The van der Waals surface area contributed by atoms with E-state index in [1.54, 1.807) is 6.92 Å². The minimum atomic E-state index is -0.200. The van der Waals surface area contributed by atoms with Gasteiger partial charge in [0.2, 0.25) is 0 Å². The third kappa shape index (κ3) is 5.19. The van der Waals surface area contributed by atoms with Crippen molar-refractivity contribution in [1.29, 1.82) is 0 Å². The first-order chi connectivity index (χ1) is 8.26. The SMILES string of the molecule is CCOC(=O)Cc1ccc(C#CCCN)cc1. The Labute approximate surface area is 102 Å². The third-order valence-corrected chi connectivity index (χ3v) is 2.11. The Morgan fingerprint density at radius 3 is 2.65 bits per heavy atom. The Hall–Kier alpha value is -1.79. The van der Waals surface area contributed by atoms with E-state index >= 15 is 0 Å². The average molecular weight is 231 g/mol. The fourth-order valence-electron chi connectivity index (χ4n) is 1.32. The van der Waals surface area contributed by atoms with E-state index in [1.165, 1.54) is 0 Å².